The average molecular weight is 251 g/mol. The molecule has 0 aliphatic rings. The second kappa shape index (κ2) is 6.24. The number of rotatable bonds is 4. The Morgan fingerprint density at radius 2 is 2.06 bits per heavy atom. The molecule has 3 N–H and O–H groups in total. The van der Waals surface area contributed by atoms with Crippen LogP contribution in [-0.2, 0) is 9.59 Å². The minimum Gasteiger partial charge on any atom is -0.493 e. The van der Waals surface area contributed by atoms with Gasteiger partial charge in [0.1, 0.15) is 0 Å². The van der Waals surface area contributed by atoms with Crippen molar-refractivity contribution in [2.75, 3.05) is 14.2 Å². The van der Waals surface area contributed by atoms with E-state index in [0.717, 1.165) is 0 Å². The molecule has 0 unspecified atom stereocenters. The molecule has 1 aromatic rings. The van der Waals surface area contributed by atoms with Crippen LogP contribution in [0.2, 0.25) is 0 Å². The van der Waals surface area contributed by atoms with Crippen molar-refractivity contribution in [2.45, 2.75) is 0 Å². The van der Waals surface area contributed by atoms with Crippen molar-refractivity contribution >= 4 is 18.0 Å². The summed E-state index contributed by atoms with van der Waals surface area (Å²) in [7, 11) is 2.99. The monoisotopic (exact) mass is 251 g/mol. The van der Waals surface area contributed by atoms with Crippen LogP contribution in [0, 0.1) is 0 Å². The lowest BCUT2D eigenvalue weighted by Gasteiger charge is -2.09. The number of hydrazone groups is 1. The summed E-state index contributed by atoms with van der Waals surface area (Å²) in [5.74, 6) is -1.10. The molecule has 0 heterocycles. The third-order valence-corrected chi connectivity index (χ3v) is 2.03. The molecule has 0 aliphatic carbocycles. The SMILES string of the molecule is COc1cccc(/C=N\NC(=O)C(N)=O)c1OC. The van der Waals surface area contributed by atoms with Crippen LogP contribution in [0.4, 0.5) is 0 Å². The van der Waals surface area contributed by atoms with Gasteiger partial charge in [-0.2, -0.15) is 5.10 Å². The molecule has 0 spiro atoms. The molecule has 1 aromatic carbocycles. The number of primary amides is 1. The normalized spacial score (nSPS) is 10.1. The molecular weight excluding hydrogens is 238 g/mol. The van der Waals surface area contributed by atoms with Gasteiger partial charge in [-0.1, -0.05) is 6.07 Å². The van der Waals surface area contributed by atoms with Crippen molar-refractivity contribution in [3.8, 4) is 11.5 Å². The molecular formula is C11H13N3O4. The van der Waals surface area contributed by atoms with Crippen LogP contribution in [0.1, 0.15) is 5.56 Å². The number of methoxy groups -OCH3 is 2. The Hall–Kier alpha value is -2.57. The van der Waals surface area contributed by atoms with Gasteiger partial charge in [0.15, 0.2) is 11.5 Å². The van der Waals surface area contributed by atoms with E-state index < -0.39 is 11.8 Å². The highest BCUT2D eigenvalue weighted by atomic mass is 16.5. The molecule has 0 atom stereocenters. The number of amides is 2. The maximum atomic E-state index is 10.9. The first-order valence-corrected chi connectivity index (χ1v) is 4.94. The highest BCUT2D eigenvalue weighted by Crippen LogP contribution is 2.29. The lowest BCUT2D eigenvalue weighted by atomic mass is 10.2. The molecule has 0 radical (unpaired) electrons. The van der Waals surface area contributed by atoms with Crippen molar-refractivity contribution in [3.63, 3.8) is 0 Å². The highest BCUT2D eigenvalue weighted by molar-refractivity contribution is 6.34. The van der Waals surface area contributed by atoms with Gasteiger partial charge in [0.05, 0.1) is 20.4 Å². The summed E-state index contributed by atoms with van der Waals surface area (Å²) in [5.41, 5.74) is 7.31. The summed E-state index contributed by atoms with van der Waals surface area (Å²) in [6.45, 7) is 0. The number of nitrogens with two attached hydrogens (primary N) is 1. The Kier molecular flexibility index (Phi) is 4.67. The number of nitrogens with one attached hydrogen (secondary N) is 1. The third kappa shape index (κ3) is 3.21. The number of carbonyl (C=O) groups excluding carboxylic acids is 2. The van der Waals surface area contributed by atoms with E-state index >= 15 is 0 Å². The molecule has 0 aromatic heterocycles. The summed E-state index contributed by atoms with van der Waals surface area (Å²) in [6, 6.07) is 5.16. The molecule has 2 amide bonds. The van der Waals surface area contributed by atoms with Crippen LogP contribution in [0.3, 0.4) is 0 Å². The fraction of sp³-hybridized carbons (Fsp3) is 0.182. The number of hydrogen-bond donors (Lipinski definition) is 2. The van der Waals surface area contributed by atoms with E-state index in [1.165, 1.54) is 20.4 Å². The van der Waals surface area contributed by atoms with E-state index in [9.17, 15) is 9.59 Å². The first-order valence-electron chi connectivity index (χ1n) is 4.94. The summed E-state index contributed by atoms with van der Waals surface area (Å²) >= 11 is 0. The van der Waals surface area contributed by atoms with Crippen molar-refractivity contribution in [1.82, 2.24) is 5.43 Å². The Morgan fingerprint density at radius 3 is 2.61 bits per heavy atom. The van der Waals surface area contributed by atoms with Gasteiger partial charge in [0, 0.05) is 5.56 Å². The van der Waals surface area contributed by atoms with Gasteiger partial charge >= 0.3 is 11.8 Å². The number of ether oxygens (including phenoxy) is 2. The van der Waals surface area contributed by atoms with E-state index in [1.807, 2.05) is 5.43 Å². The lowest BCUT2D eigenvalue weighted by molar-refractivity contribution is -0.137. The zero-order valence-electron chi connectivity index (χ0n) is 9.97. The van der Waals surface area contributed by atoms with Crippen LogP contribution >= 0.6 is 0 Å². The molecule has 0 saturated carbocycles. The van der Waals surface area contributed by atoms with Crippen LogP contribution in [-0.4, -0.2) is 32.2 Å². The molecule has 7 heteroatoms. The predicted octanol–water partition coefficient (Wildman–Crippen LogP) is -0.361. The summed E-state index contributed by atoms with van der Waals surface area (Å²) in [5, 5.41) is 3.59. The number of hydrogen-bond acceptors (Lipinski definition) is 5. The van der Waals surface area contributed by atoms with Crippen LogP contribution in [0.15, 0.2) is 23.3 Å². The van der Waals surface area contributed by atoms with Gasteiger partial charge in [-0.15, -0.1) is 0 Å². The standard InChI is InChI=1S/C11H13N3O4/c1-17-8-5-3-4-7(9(8)18-2)6-13-14-11(16)10(12)15/h3-6H,1-2H3,(H2,12,15)(H,14,16)/b13-6-. The first-order chi connectivity index (χ1) is 8.60. The molecule has 18 heavy (non-hydrogen) atoms. The predicted molar refractivity (Wildman–Crippen MR) is 64.5 cm³/mol. The average Bonchev–Trinajstić information content (AvgIpc) is 2.37. The topological polar surface area (TPSA) is 103 Å². The largest absolute Gasteiger partial charge is 0.493 e. The van der Waals surface area contributed by atoms with Crippen molar-refractivity contribution in [2.24, 2.45) is 10.8 Å². The van der Waals surface area contributed by atoms with E-state index in [2.05, 4.69) is 5.10 Å². The third-order valence-electron chi connectivity index (χ3n) is 2.03. The van der Waals surface area contributed by atoms with Crippen LogP contribution in [0.5, 0.6) is 11.5 Å². The Labute approximate surface area is 104 Å². The Bertz CT molecular complexity index is 485. The fourth-order valence-electron chi connectivity index (χ4n) is 1.23. The van der Waals surface area contributed by atoms with Crippen LogP contribution in [0.25, 0.3) is 0 Å². The number of benzene rings is 1. The van der Waals surface area contributed by atoms with Gasteiger partial charge in [-0.3, -0.25) is 9.59 Å². The fourth-order valence-corrected chi connectivity index (χ4v) is 1.23. The minimum atomic E-state index is -1.11. The highest BCUT2D eigenvalue weighted by Gasteiger charge is 2.08. The maximum Gasteiger partial charge on any atom is 0.329 e. The van der Waals surface area contributed by atoms with E-state index in [4.69, 9.17) is 15.2 Å². The number of para-hydroxylation sites is 1. The van der Waals surface area contributed by atoms with Crippen molar-refractivity contribution in [3.05, 3.63) is 23.8 Å². The van der Waals surface area contributed by atoms with E-state index in [1.54, 1.807) is 18.2 Å². The molecule has 0 bridgehead atoms. The zero-order valence-corrected chi connectivity index (χ0v) is 9.97. The zero-order chi connectivity index (χ0) is 13.5. The van der Waals surface area contributed by atoms with Gasteiger partial charge in [0.25, 0.3) is 0 Å². The smallest absolute Gasteiger partial charge is 0.329 e. The number of carbonyl (C=O) groups is 2. The lowest BCUT2D eigenvalue weighted by Crippen LogP contribution is -2.32. The van der Waals surface area contributed by atoms with E-state index in [0.29, 0.717) is 17.1 Å². The summed E-state index contributed by atoms with van der Waals surface area (Å²) in [6.07, 6.45) is 1.32. The second-order valence-corrected chi connectivity index (χ2v) is 3.15. The Balaban J connectivity index is 2.87. The molecule has 96 valence electrons. The van der Waals surface area contributed by atoms with Crippen LogP contribution < -0.4 is 20.6 Å². The first kappa shape index (κ1) is 13.5. The van der Waals surface area contributed by atoms with Crippen molar-refractivity contribution in [1.29, 1.82) is 0 Å². The molecule has 1 rings (SSSR count). The van der Waals surface area contributed by atoms with Gasteiger partial charge in [-0.25, -0.2) is 5.43 Å². The molecule has 0 fully saturated rings. The second-order valence-electron chi connectivity index (χ2n) is 3.15. The maximum absolute atomic E-state index is 10.9. The Morgan fingerprint density at radius 1 is 1.33 bits per heavy atom. The minimum absolute atomic E-state index is 0.470. The summed E-state index contributed by atoms with van der Waals surface area (Å²) in [4.78, 5) is 21.3. The van der Waals surface area contributed by atoms with Gasteiger partial charge < -0.3 is 15.2 Å². The number of nitrogens with zero attached hydrogens (tertiary/aromatic N) is 1. The quantitative estimate of drug-likeness (QED) is 0.433. The summed E-state index contributed by atoms with van der Waals surface area (Å²) < 4.78 is 10.2. The van der Waals surface area contributed by atoms with Gasteiger partial charge in [-0.05, 0) is 12.1 Å². The van der Waals surface area contributed by atoms with Gasteiger partial charge in [0.2, 0.25) is 0 Å². The molecule has 0 saturated heterocycles. The molecule has 7 nitrogen and oxygen atoms in total. The molecule has 0 aliphatic heterocycles. The van der Waals surface area contributed by atoms with Crippen molar-refractivity contribution < 1.29 is 19.1 Å². The van der Waals surface area contributed by atoms with E-state index in [-0.39, 0.29) is 0 Å².